The Morgan fingerprint density at radius 2 is 1.92 bits per heavy atom. The van der Waals surface area contributed by atoms with E-state index in [1.807, 2.05) is 0 Å². The smallest absolute Gasteiger partial charge is 0.243 e. The molecule has 2 aromatic rings. The molecule has 0 bridgehead atoms. The fraction of sp³-hybridized carbons (Fsp3) is 0.278. The van der Waals surface area contributed by atoms with Crippen molar-refractivity contribution in [3.63, 3.8) is 0 Å². The number of phenolic OH excluding ortho intramolecular Hbond substituents is 1. The number of carbonyl (C=O) groups excluding carboxylic acids is 1. The molecule has 1 atom stereocenters. The van der Waals surface area contributed by atoms with E-state index < -0.39 is 27.8 Å². The number of hydrogen-bond donors (Lipinski definition) is 2. The van der Waals surface area contributed by atoms with Crippen LogP contribution < -0.4 is 5.32 Å². The van der Waals surface area contributed by atoms with Crippen LogP contribution in [0.15, 0.2) is 47.4 Å². The minimum Gasteiger partial charge on any atom is -0.506 e. The summed E-state index contributed by atoms with van der Waals surface area (Å²) >= 11 is 0. The number of carbonyl (C=O) groups is 1. The molecule has 138 valence electrons. The first kappa shape index (κ1) is 18.3. The first-order valence-electron chi connectivity index (χ1n) is 8.17. The number of halogens is 1. The van der Waals surface area contributed by atoms with Crippen LogP contribution >= 0.6 is 0 Å². The Balaban J connectivity index is 1.83. The second kappa shape index (κ2) is 7.05. The second-order valence-electron chi connectivity index (χ2n) is 6.24. The number of nitrogens with one attached hydrogen (secondary N) is 1. The maximum Gasteiger partial charge on any atom is 0.243 e. The third-order valence-electron chi connectivity index (χ3n) is 4.34. The molecule has 0 spiro atoms. The van der Waals surface area contributed by atoms with Gasteiger partial charge in [-0.05, 0) is 61.7 Å². The van der Waals surface area contributed by atoms with Crippen molar-refractivity contribution in [2.45, 2.75) is 30.7 Å². The first-order chi connectivity index (χ1) is 12.3. The van der Waals surface area contributed by atoms with Crippen molar-refractivity contribution in [1.29, 1.82) is 0 Å². The predicted molar refractivity (Wildman–Crippen MR) is 94.8 cm³/mol. The minimum atomic E-state index is -3.92. The molecule has 0 saturated carbocycles. The van der Waals surface area contributed by atoms with Crippen LogP contribution in [0.4, 0.5) is 10.1 Å². The van der Waals surface area contributed by atoms with Gasteiger partial charge < -0.3 is 10.4 Å². The molecule has 0 aromatic heterocycles. The normalized spacial score (nSPS) is 18.0. The van der Waals surface area contributed by atoms with Gasteiger partial charge in [0, 0.05) is 6.54 Å². The number of aromatic hydroxyl groups is 1. The molecule has 0 aliphatic carbocycles. The lowest BCUT2D eigenvalue weighted by atomic mass is 10.2. The van der Waals surface area contributed by atoms with Crippen molar-refractivity contribution in [3.8, 4) is 5.75 Å². The molecule has 1 aliphatic rings. The van der Waals surface area contributed by atoms with Crippen molar-refractivity contribution < 1.29 is 22.7 Å². The van der Waals surface area contributed by atoms with Gasteiger partial charge in [-0.3, -0.25) is 4.79 Å². The van der Waals surface area contributed by atoms with Gasteiger partial charge in [-0.15, -0.1) is 0 Å². The average molecular weight is 378 g/mol. The Morgan fingerprint density at radius 1 is 1.23 bits per heavy atom. The van der Waals surface area contributed by atoms with Crippen molar-refractivity contribution in [3.05, 3.63) is 53.8 Å². The molecule has 6 nitrogen and oxygen atoms in total. The monoisotopic (exact) mass is 378 g/mol. The van der Waals surface area contributed by atoms with Crippen LogP contribution in [0.2, 0.25) is 0 Å². The van der Waals surface area contributed by atoms with E-state index in [1.54, 1.807) is 19.1 Å². The third-order valence-corrected chi connectivity index (χ3v) is 6.26. The molecule has 8 heteroatoms. The SMILES string of the molecule is Cc1ccc(NC(=O)C2CCCN2S(=O)(=O)c2ccc(F)cc2)c(O)c1. The van der Waals surface area contributed by atoms with E-state index in [0.29, 0.717) is 12.8 Å². The maximum absolute atomic E-state index is 13.1. The van der Waals surface area contributed by atoms with Crippen LogP contribution in [0.5, 0.6) is 5.75 Å². The fourth-order valence-corrected chi connectivity index (χ4v) is 4.65. The van der Waals surface area contributed by atoms with Gasteiger partial charge in [-0.25, -0.2) is 12.8 Å². The number of sulfonamides is 1. The van der Waals surface area contributed by atoms with Gasteiger partial charge in [0.25, 0.3) is 0 Å². The molecule has 1 aliphatic heterocycles. The molecule has 1 saturated heterocycles. The molecule has 0 radical (unpaired) electrons. The summed E-state index contributed by atoms with van der Waals surface area (Å²) in [6, 6.07) is 8.44. The molecular formula is C18H19FN2O4S. The fourth-order valence-electron chi connectivity index (χ4n) is 3.00. The molecule has 1 unspecified atom stereocenters. The molecule has 1 amide bonds. The number of nitrogens with zero attached hydrogens (tertiary/aromatic N) is 1. The van der Waals surface area contributed by atoms with Crippen LogP contribution in [0.25, 0.3) is 0 Å². The van der Waals surface area contributed by atoms with E-state index in [4.69, 9.17) is 0 Å². The number of hydrogen-bond acceptors (Lipinski definition) is 4. The Labute approximate surface area is 151 Å². The van der Waals surface area contributed by atoms with Crippen LogP contribution in [0.3, 0.4) is 0 Å². The summed E-state index contributed by atoms with van der Waals surface area (Å²) in [4.78, 5) is 12.5. The molecule has 1 heterocycles. The predicted octanol–water partition coefficient (Wildman–Crippen LogP) is 2.63. The average Bonchev–Trinajstić information content (AvgIpc) is 3.08. The summed E-state index contributed by atoms with van der Waals surface area (Å²) in [7, 11) is -3.92. The van der Waals surface area contributed by atoms with Gasteiger partial charge >= 0.3 is 0 Å². The maximum atomic E-state index is 13.1. The van der Waals surface area contributed by atoms with Crippen molar-refractivity contribution in [2.24, 2.45) is 0 Å². The summed E-state index contributed by atoms with van der Waals surface area (Å²) in [5.41, 5.74) is 1.06. The van der Waals surface area contributed by atoms with Gasteiger partial charge in [-0.2, -0.15) is 4.31 Å². The summed E-state index contributed by atoms with van der Waals surface area (Å²) in [6.07, 6.45) is 0.914. The number of anilines is 1. The number of phenols is 1. The third kappa shape index (κ3) is 3.56. The van der Waals surface area contributed by atoms with E-state index in [9.17, 15) is 22.7 Å². The van der Waals surface area contributed by atoms with Crippen molar-refractivity contribution in [1.82, 2.24) is 4.31 Å². The molecule has 2 N–H and O–H groups in total. The van der Waals surface area contributed by atoms with Crippen LogP contribution in [0, 0.1) is 12.7 Å². The van der Waals surface area contributed by atoms with Gasteiger partial charge in [0.1, 0.15) is 17.6 Å². The lowest BCUT2D eigenvalue weighted by molar-refractivity contribution is -0.119. The summed E-state index contributed by atoms with van der Waals surface area (Å²) < 4.78 is 39.8. The summed E-state index contributed by atoms with van der Waals surface area (Å²) in [6.45, 7) is 2.01. The largest absolute Gasteiger partial charge is 0.506 e. The van der Waals surface area contributed by atoms with Crippen LogP contribution in [-0.4, -0.2) is 36.3 Å². The highest BCUT2D eigenvalue weighted by Gasteiger charge is 2.39. The van der Waals surface area contributed by atoms with Crippen molar-refractivity contribution in [2.75, 3.05) is 11.9 Å². The summed E-state index contributed by atoms with van der Waals surface area (Å²) in [5.74, 6) is -1.12. The Bertz CT molecular complexity index is 929. The standard InChI is InChI=1S/C18H19FN2O4S/c1-12-4-9-15(17(22)11-12)20-18(23)16-3-2-10-21(16)26(24,25)14-7-5-13(19)6-8-14/h4-9,11,16,22H,2-3,10H2,1H3,(H,20,23). The zero-order chi connectivity index (χ0) is 18.9. The van der Waals surface area contributed by atoms with Gasteiger partial charge in [0.2, 0.25) is 15.9 Å². The molecule has 1 fully saturated rings. The zero-order valence-electron chi connectivity index (χ0n) is 14.1. The zero-order valence-corrected chi connectivity index (χ0v) is 15.0. The van der Waals surface area contributed by atoms with Gasteiger partial charge in [0.05, 0.1) is 10.6 Å². The topological polar surface area (TPSA) is 86.7 Å². The lowest BCUT2D eigenvalue weighted by Crippen LogP contribution is -2.43. The molecule has 26 heavy (non-hydrogen) atoms. The molecule has 2 aromatic carbocycles. The highest BCUT2D eigenvalue weighted by Crippen LogP contribution is 2.29. The molecule has 3 rings (SSSR count). The number of rotatable bonds is 4. The quantitative estimate of drug-likeness (QED) is 0.801. The van der Waals surface area contributed by atoms with E-state index in [1.165, 1.54) is 18.2 Å². The number of aryl methyl sites for hydroxylation is 1. The highest BCUT2D eigenvalue weighted by molar-refractivity contribution is 7.89. The van der Waals surface area contributed by atoms with E-state index in [2.05, 4.69) is 5.32 Å². The van der Waals surface area contributed by atoms with Crippen LogP contribution in [-0.2, 0) is 14.8 Å². The van der Waals surface area contributed by atoms with E-state index in [0.717, 1.165) is 22.0 Å². The van der Waals surface area contributed by atoms with Crippen LogP contribution in [0.1, 0.15) is 18.4 Å². The Hall–Kier alpha value is -2.45. The highest BCUT2D eigenvalue weighted by atomic mass is 32.2. The van der Waals surface area contributed by atoms with Crippen molar-refractivity contribution >= 4 is 21.6 Å². The summed E-state index contributed by atoms with van der Waals surface area (Å²) in [5, 5.41) is 12.5. The Kier molecular flexibility index (Phi) is 4.97. The number of amides is 1. The second-order valence-corrected chi connectivity index (χ2v) is 8.13. The van der Waals surface area contributed by atoms with Gasteiger partial charge in [-0.1, -0.05) is 6.07 Å². The van der Waals surface area contributed by atoms with Gasteiger partial charge in [0.15, 0.2) is 0 Å². The van der Waals surface area contributed by atoms with E-state index in [-0.39, 0.29) is 22.9 Å². The lowest BCUT2D eigenvalue weighted by Gasteiger charge is -2.23. The minimum absolute atomic E-state index is 0.0585. The van der Waals surface area contributed by atoms with E-state index >= 15 is 0 Å². The Morgan fingerprint density at radius 3 is 2.58 bits per heavy atom. The first-order valence-corrected chi connectivity index (χ1v) is 9.61. The molecular weight excluding hydrogens is 359 g/mol. The number of benzene rings is 2.